The van der Waals surface area contributed by atoms with Crippen molar-refractivity contribution in [3.8, 4) is 5.75 Å². The molecule has 2 N–H and O–H groups in total. The van der Waals surface area contributed by atoms with Crippen molar-refractivity contribution < 1.29 is 18.3 Å². The molecule has 0 bridgehead atoms. The first-order valence-electron chi connectivity index (χ1n) is 7.69. The highest BCUT2D eigenvalue weighted by Gasteiger charge is 2.11. The van der Waals surface area contributed by atoms with Crippen LogP contribution in [-0.2, 0) is 0 Å². The van der Waals surface area contributed by atoms with Gasteiger partial charge in [-0.3, -0.25) is 4.79 Å². The summed E-state index contributed by atoms with van der Waals surface area (Å²) in [7, 11) is 1.55. The number of nitrogens with zero attached hydrogens (tertiary/aromatic N) is 1. The molecule has 132 valence electrons. The predicted molar refractivity (Wildman–Crippen MR) is 94.8 cm³/mol. The van der Waals surface area contributed by atoms with Crippen LogP contribution in [0.4, 0.5) is 26.0 Å². The molecule has 3 rings (SSSR count). The van der Waals surface area contributed by atoms with Gasteiger partial charge in [0, 0.05) is 17.4 Å². The fraction of sp³-hybridized carbons (Fsp3) is 0.0526. The first kappa shape index (κ1) is 17.3. The quantitative estimate of drug-likeness (QED) is 0.714. The Hall–Kier alpha value is -3.48. The number of methoxy groups -OCH3 is 1. The minimum absolute atomic E-state index is 0.149. The Bertz CT molecular complexity index is 910. The van der Waals surface area contributed by atoms with Crippen molar-refractivity contribution in [1.29, 1.82) is 0 Å². The molecule has 0 fully saturated rings. The van der Waals surface area contributed by atoms with Gasteiger partial charge in [-0.2, -0.15) is 0 Å². The summed E-state index contributed by atoms with van der Waals surface area (Å²) in [5.41, 5.74) is 0.546. The van der Waals surface area contributed by atoms with Gasteiger partial charge in [0.2, 0.25) is 0 Å². The van der Waals surface area contributed by atoms with Crippen LogP contribution < -0.4 is 15.4 Å². The number of nitrogens with one attached hydrogen (secondary N) is 2. The number of amides is 1. The average molecular weight is 355 g/mol. The molecule has 2 aromatic carbocycles. The van der Waals surface area contributed by atoms with E-state index in [9.17, 15) is 13.6 Å². The van der Waals surface area contributed by atoms with Crippen molar-refractivity contribution >= 4 is 23.1 Å². The summed E-state index contributed by atoms with van der Waals surface area (Å²) in [6.45, 7) is 0. The lowest BCUT2D eigenvalue weighted by Gasteiger charge is -2.10. The van der Waals surface area contributed by atoms with Crippen LogP contribution in [0.5, 0.6) is 5.75 Å². The van der Waals surface area contributed by atoms with Gasteiger partial charge in [0.15, 0.2) is 0 Å². The Morgan fingerprint density at radius 2 is 1.73 bits per heavy atom. The van der Waals surface area contributed by atoms with Gasteiger partial charge in [-0.1, -0.05) is 6.07 Å². The lowest BCUT2D eigenvalue weighted by atomic mass is 10.2. The molecular weight excluding hydrogens is 340 g/mol. The molecule has 3 aromatic rings. The Balaban J connectivity index is 1.76. The highest BCUT2D eigenvalue weighted by Crippen LogP contribution is 2.23. The van der Waals surface area contributed by atoms with Crippen molar-refractivity contribution in [1.82, 2.24) is 4.98 Å². The zero-order chi connectivity index (χ0) is 18.5. The van der Waals surface area contributed by atoms with Crippen LogP contribution in [0.3, 0.4) is 0 Å². The second-order valence-electron chi connectivity index (χ2n) is 5.33. The van der Waals surface area contributed by atoms with Crippen LogP contribution in [0.15, 0.2) is 60.8 Å². The van der Waals surface area contributed by atoms with Crippen molar-refractivity contribution in [2.45, 2.75) is 0 Å². The Morgan fingerprint density at radius 1 is 1.04 bits per heavy atom. The van der Waals surface area contributed by atoms with Crippen LogP contribution in [0.25, 0.3) is 0 Å². The Morgan fingerprint density at radius 3 is 2.38 bits per heavy atom. The maximum Gasteiger partial charge on any atom is 0.255 e. The highest BCUT2D eigenvalue weighted by atomic mass is 19.1. The number of carbonyl (C=O) groups excluding carboxylic acids is 1. The van der Waals surface area contributed by atoms with Gasteiger partial charge < -0.3 is 15.4 Å². The van der Waals surface area contributed by atoms with Gasteiger partial charge in [0.1, 0.15) is 28.9 Å². The molecule has 0 aliphatic heterocycles. The minimum atomic E-state index is -0.750. The zero-order valence-corrected chi connectivity index (χ0v) is 13.8. The van der Waals surface area contributed by atoms with Crippen molar-refractivity contribution in [3.63, 3.8) is 0 Å². The van der Waals surface area contributed by atoms with E-state index >= 15 is 0 Å². The fourth-order valence-corrected chi connectivity index (χ4v) is 2.26. The van der Waals surface area contributed by atoms with Crippen LogP contribution in [0.1, 0.15) is 10.4 Å². The molecule has 0 unspecified atom stereocenters. The lowest BCUT2D eigenvalue weighted by molar-refractivity contribution is 0.102. The third-order valence-corrected chi connectivity index (χ3v) is 3.59. The van der Waals surface area contributed by atoms with Gasteiger partial charge in [0.05, 0.1) is 7.11 Å². The zero-order valence-electron chi connectivity index (χ0n) is 13.8. The van der Waals surface area contributed by atoms with E-state index < -0.39 is 11.6 Å². The lowest BCUT2D eigenvalue weighted by Crippen LogP contribution is -2.12. The summed E-state index contributed by atoms with van der Waals surface area (Å²) in [6.07, 6.45) is 1.38. The van der Waals surface area contributed by atoms with Crippen molar-refractivity contribution in [3.05, 3.63) is 78.0 Å². The third-order valence-electron chi connectivity index (χ3n) is 3.59. The van der Waals surface area contributed by atoms with Crippen molar-refractivity contribution in [2.24, 2.45) is 0 Å². The monoisotopic (exact) mass is 355 g/mol. The average Bonchev–Trinajstić information content (AvgIpc) is 2.66. The number of ether oxygens (including phenoxy) is 1. The molecule has 0 radical (unpaired) electrons. The molecule has 7 heteroatoms. The number of benzene rings is 2. The molecule has 0 atom stereocenters. The van der Waals surface area contributed by atoms with Crippen LogP contribution in [0.2, 0.25) is 0 Å². The van der Waals surface area contributed by atoms with E-state index in [1.807, 2.05) is 0 Å². The van der Waals surface area contributed by atoms with Crippen LogP contribution >= 0.6 is 0 Å². The molecule has 0 saturated carbocycles. The van der Waals surface area contributed by atoms with Gasteiger partial charge in [-0.25, -0.2) is 13.8 Å². The number of aromatic nitrogens is 1. The van der Waals surface area contributed by atoms with Gasteiger partial charge in [-0.15, -0.1) is 0 Å². The van der Waals surface area contributed by atoms with E-state index in [1.54, 1.807) is 31.4 Å². The summed E-state index contributed by atoms with van der Waals surface area (Å²) in [5.74, 6) is -1.06. The minimum Gasteiger partial charge on any atom is -0.497 e. The number of halogens is 2. The fourth-order valence-electron chi connectivity index (χ4n) is 2.26. The molecule has 0 aliphatic carbocycles. The molecule has 0 spiro atoms. The van der Waals surface area contributed by atoms with Gasteiger partial charge >= 0.3 is 0 Å². The summed E-state index contributed by atoms with van der Waals surface area (Å²) >= 11 is 0. The first-order valence-corrected chi connectivity index (χ1v) is 7.69. The van der Waals surface area contributed by atoms with Crippen molar-refractivity contribution in [2.75, 3.05) is 17.7 Å². The molecule has 0 aliphatic rings. The first-order chi connectivity index (χ1) is 12.6. The third kappa shape index (κ3) is 3.94. The van der Waals surface area contributed by atoms with Gasteiger partial charge in [0.25, 0.3) is 5.91 Å². The number of rotatable bonds is 5. The van der Waals surface area contributed by atoms with Gasteiger partial charge in [-0.05, 0) is 48.5 Å². The van der Waals surface area contributed by atoms with E-state index in [-0.39, 0.29) is 23.0 Å². The molecule has 26 heavy (non-hydrogen) atoms. The molecule has 1 amide bonds. The highest BCUT2D eigenvalue weighted by molar-refractivity contribution is 6.04. The Labute approximate surface area is 148 Å². The number of para-hydroxylation sites is 1. The smallest absolute Gasteiger partial charge is 0.255 e. The topological polar surface area (TPSA) is 63.2 Å². The van der Waals surface area contributed by atoms with E-state index in [0.29, 0.717) is 11.4 Å². The molecule has 1 heterocycles. The number of pyridine rings is 1. The molecular formula is C19H15F2N3O2. The van der Waals surface area contributed by atoms with E-state index in [4.69, 9.17) is 4.74 Å². The molecule has 1 aromatic heterocycles. The Kier molecular flexibility index (Phi) is 5.07. The van der Waals surface area contributed by atoms with Crippen LogP contribution in [-0.4, -0.2) is 18.0 Å². The maximum absolute atomic E-state index is 13.7. The number of hydrogen-bond donors (Lipinski definition) is 2. The van der Waals surface area contributed by atoms with E-state index in [0.717, 1.165) is 12.1 Å². The maximum atomic E-state index is 13.7. The normalized spacial score (nSPS) is 10.3. The summed E-state index contributed by atoms with van der Waals surface area (Å²) in [6, 6.07) is 13.3. The van der Waals surface area contributed by atoms with Crippen LogP contribution in [0, 0.1) is 11.6 Å². The van der Waals surface area contributed by atoms with E-state index in [2.05, 4.69) is 15.6 Å². The van der Waals surface area contributed by atoms with E-state index in [1.165, 1.54) is 24.4 Å². The number of anilines is 3. The SMILES string of the molecule is COc1ccc(NC(=O)c2ccnc(Nc3c(F)cccc3F)c2)cc1. The predicted octanol–water partition coefficient (Wildman–Crippen LogP) is 4.36. The summed E-state index contributed by atoms with van der Waals surface area (Å²) < 4.78 is 32.5. The second-order valence-corrected chi connectivity index (χ2v) is 5.33. The summed E-state index contributed by atoms with van der Waals surface area (Å²) in [4.78, 5) is 16.3. The number of hydrogen-bond acceptors (Lipinski definition) is 4. The number of carbonyl (C=O) groups is 1. The molecule has 0 saturated heterocycles. The standard InChI is InChI=1S/C19H15F2N3O2/c1-26-14-7-5-13(6-8-14)23-19(25)12-9-10-22-17(11-12)24-18-15(20)3-2-4-16(18)21/h2-11H,1H3,(H,22,24)(H,23,25). The largest absolute Gasteiger partial charge is 0.497 e. The molecule has 5 nitrogen and oxygen atoms in total. The second kappa shape index (κ2) is 7.60. The summed E-state index contributed by atoms with van der Waals surface area (Å²) in [5, 5.41) is 5.28.